The van der Waals surface area contributed by atoms with Crippen LogP contribution in [0.25, 0.3) is 55.4 Å². The van der Waals surface area contributed by atoms with Crippen LogP contribution in [0, 0.1) is 5.82 Å². The van der Waals surface area contributed by atoms with Gasteiger partial charge >= 0.3 is 0 Å². The number of fused-ring (bicyclic) bond motifs is 2. The molecule has 0 aliphatic heterocycles. The summed E-state index contributed by atoms with van der Waals surface area (Å²) < 4.78 is 13.4. The van der Waals surface area contributed by atoms with Gasteiger partial charge in [0.2, 0.25) is 0 Å². The molecule has 148 valence electrons. The van der Waals surface area contributed by atoms with E-state index in [9.17, 15) is 4.39 Å². The van der Waals surface area contributed by atoms with Crippen molar-refractivity contribution >= 4 is 21.8 Å². The van der Waals surface area contributed by atoms with Crippen LogP contribution in [0.1, 0.15) is 0 Å². The number of H-pyrrole nitrogens is 2. The van der Waals surface area contributed by atoms with E-state index in [1.165, 1.54) is 12.1 Å². The summed E-state index contributed by atoms with van der Waals surface area (Å²) in [5.41, 5.74) is 7.65. The van der Waals surface area contributed by atoms with E-state index in [1.54, 1.807) is 36.9 Å². The van der Waals surface area contributed by atoms with E-state index < -0.39 is 0 Å². The normalized spacial score (nSPS) is 11.4. The summed E-state index contributed by atoms with van der Waals surface area (Å²) in [6.45, 7) is 0. The van der Waals surface area contributed by atoms with E-state index in [4.69, 9.17) is 0 Å². The van der Waals surface area contributed by atoms with Crippen molar-refractivity contribution < 1.29 is 4.39 Å². The summed E-state index contributed by atoms with van der Waals surface area (Å²) in [5.74, 6) is -0.258. The molecule has 0 fully saturated rings. The minimum Gasteiger partial charge on any atom is -0.352 e. The average Bonchev–Trinajstić information content (AvgIpc) is 3.43. The lowest BCUT2D eigenvalue weighted by Crippen LogP contribution is -1.82. The number of nitrogens with zero attached hydrogens (tertiary/aromatic N) is 3. The summed E-state index contributed by atoms with van der Waals surface area (Å²) >= 11 is 0. The Morgan fingerprint density at radius 2 is 1.48 bits per heavy atom. The Balaban J connectivity index is 1.51. The van der Waals surface area contributed by atoms with Crippen LogP contribution in [0.15, 0.2) is 85.5 Å². The molecule has 6 rings (SSSR count). The lowest BCUT2D eigenvalue weighted by Gasteiger charge is -2.02. The molecule has 6 heteroatoms. The van der Waals surface area contributed by atoms with Gasteiger partial charge in [0.15, 0.2) is 0 Å². The van der Waals surface area contributed by atoms with Gasteiger partial charge < -0.3 is 4.98 Å². The van der Waals surface area contributed by atoms with Gasteiger partial charge in [-0.15, -0.1) is 0 Å². The summed E-state index contributed by atoms with van der Waals surface area (Å²) in [6, 6.07) is 18.8. The smallest absolute Gasteiger partial charge is 0.123 e. The van der Waals surface area contributed by atoms with Gasteiger partial charge in [0.1, 0.15) is 11.5 Å². The summed E-state index contributed by atoms with van der Waals surface area (Å²) in [6.07, 6.45) is 7.18. The number of pyridine rings is 2. The van der Waals surface area contributed by atoms with Crippen LogP contribution < -0.4 is 0 Å². The fourth-order valence-electron chi connectivity index (χ4n) is 3.98. The molecule has 0 bridgehead atoms. The lowest BCUT2D eigenvalue weighted by molar-refractivity contribution is 0.628. The van der Waals surface area contributed by atoms with Crippen LogP contribution in [-0.4, -0.2) is 25.1 Å². The minimum atomic E-state index is -0.258. The molecule has 0 atom stereocenters. The number of hydrogen-bond acceptors (Lipinski definition) is 3. The Bertz CT molecular complexity index is 1530. The Morgan fingerprint density at radius 3 is 2.32 bits per heavy atom. The summed E-state index contributed by atoms with van der Waals surface area (Å²) in [7, 11) is 0. The first-order chi connectivity index (χ1) is 15.3. The van der Waals surface area contributed by atoms with Crippen LogP contribution in [0.2, 0.25) is 0 Å². The molecule has 2 aromatic carbocycles. The Hall–Kier alpha value is -4.32. The van der Waals surface area contributed by atoms with E-state index in [0.717, 1.165) is 55.4 Å². The molecule has 4 heterocycles. The molecule has 0 amide bonds. The number of aromatic nitrogens is 5. The van der Waals surface area contributed by atoms with E-state index in [1.807, 2.05) is 18.2 Å². The van der Waals surface area contributed by atoms with Crippen molar-refractivity contribution in [2.75, 3.05) is 0 Å². The summed E-state index contributed by atoms with van der Waals surface area (Å²) in [4.78, 5) is 11.9. The molecule has 6 aromatic rings. The maximum absolute atomic E-state index is 13.4. The van der Waals surface area contributed by atoms with Gasteiger partial charge in [0.05, 0.1) is 22.9 Å². The SMILES string of the molecule is Fc1ccc(-c2cncc3[nH]c(-c4n[nH]c5ccc(-c6ccncc6)cc45)cc23)cc1. The van der Waals surface area contributed by atoms with E-state index in [-0.39, 0.29) is 5.82 Å². The van der Waals surface area contributed by atoms with Crippen LogP contribution in [0.3, 0.4) is 0 Å². The monoisotopic (exact) mass is 405 g/mol. The number of aromatic amines is 2. The second-order valence-corrected chi connectivity index (χ2v) is 7.41. The molecule has 5 nitrogen and oxygen atoms in total. The maximum Gasteiger partial charge on any atom is 0.123 e. The zero-order chi connectivity index (χ0) is 20.8. The standard InChI is InChI=1S/C25H16FN5/c26-18-4-1-16(2-5-18)21-13-28-14-24-19(21)12-23(29-24)25-20-11-17(3-6-22(20)30-31-25)15-7-9-27-10-8-15/h1-14,29H,(H,30,31). The molecular formula is C25H16FN5. The third kappa shape index (κ3) is 2.97. The highest BCUT2D eigenvalue weighted by atomic mass is 19.1. The highest BCUT2D eigenvalue weighted by molar-refractivity contribution is 6.01. The first-order valence-electron chi connectivity index (χ1n) is 9.88. The predicted molar refractivity (Wildman–Crippen MR) is 120 cm³/mol. The van der Waals surface area contributed by atoms with Crippen LogP contribution in [0.4, 0.5) is 4.39 Å². The first kappa shape index (κ1) is 17.5. The highest BCUT2D eigenvalue weighted by Gasteiger charge is 2.14. The Kier molecular flexibility index (Phi) is 3.89. The number of rotatable bonds is 3. The number of benzene rings is 2. The molecule has 0 unspecified atom stereocenters. The van der Waals surface area contributed by atoms with Crippen LogP contribution in [-0.2, 0) is 0 Å². The van der Waals surface area contributed by atoms with Crippen molar-refractivity contribution in [3.05, 3.63) is 91.3 Å². The van der Waals surface area contributed by atoms with Gasteiger partial charge in [-0.1, -0.05) is 18.2 Å². The van der Waals surface area contributed by atoms with Crippen molar-refractivity contribution in [1.29, 1.82) is 0 Å². The molecule has 0 saturated heterocycles. The number of hydrogen-bond donors (Lipinski definition) is 2. The second kappa shape index (κ2) is 6.88. The molecule has 4 aromatic heterocycles. The molecule has 0 saturated carbocycles. The Morgan fingerprint density at radius 1 is 0.677 bits per heavy atom. The van der Waals surface area contributed by atoms with Gasteiger partial charge in [-0.25, -0.2) is 4.39 Å². The quantitative estimate of drug-likeness (QED) is 0.381. The number of halogens is 1. The maximum atomic E-state index is 13.4. The third-order valence-electron chi connectivity index (χ3n) is 5.53. The lowest BCUT2D eigenvalue weighted by atomic mass is 10.0. The predicted octanol–water partition coefficient (Wildman–Crippen LogP) is 5.97. The van der Waals surface area contributed by atoms with Gasteiger partial charge in [0.25, 0.3) is 0 Å². The van der Waals surface area contributed by atoms with Gasteiger partial charge in [-0.05, 0) is 59.2 Å². The Labute approximate surface area is 176 Å². The largest absolute Gasteiger partial charge is 0.352 e. The fourth-order valence-corrected chi connectivity index (χ4v) is 3.98. The molecular weight excluding hydrogens is 389 g/mol. The van der Waals surface area contributed by atoms with E-state index in [0.29, 0.717) is 0 Å². The molecule has 0 radical (unpaired) electrons. The fraction of sp³-hybridized carbons (Fsp3) is 0. The zero-order valence-electron chi connectivity index (χ0n) is 16.3. The third-order valence-corrected chi connectivity index (χ3v) is 5.53. The number of nitrogens with one attached hydrogen (secondary N) is 2. The summed E-state index contributed by atoms with van der Waals surface area (Å²) in [5, 5.41) is 9.73. The second-order valence-electron chi connectivity index (χ2n) is 7.41. The van der Waals surface area contributed by atoms with Crippen molar-refractivity contribution in [2.45, 2.75) is 0 Å². The van der Waals surface area contributed by atoms with E-state index in [2.05, 4.69) is 43.3 Å². The van der Waals surface area contributed by atoms with Gasteiger partial charge in [-0.2, -0.15) is 5.10 Å². The molecule has 0 aliphatic carbocycles. The van der Waals surface area contributed by atoms with E-state index >= 15 is 0 Å². The molecule has 2 N–H and O–H groups in total. The van der Waals surface area contributed by atoms with Gasteiger partial charge in [0, 0.05) is 34.9 Å². The first-order valence-corrected chi connectivity index (χ1v) is 9.88. The minimum absolute atomic E-state index is 0.258. The van der Waals surface area contributed by atoms with Crippen LogP contribution in [0.5, 0.6) is 0 Å². The topological polar surface area (TPSA) is 70.2 Å². The van der Waals surface area contributed by atoms with Crippen LogP contribution >= 0.6 is 0 Å². The van der Waals surface area contributed by atoms with Crippen molar-refractivity contribution in [3.63, 3.8) is 0 Å². The van der Waals surface area contributed by atoms with Crippen molar-refractivity contribution in [3.8, 4) is 33.6 Å². The van der Waals surface area contributed by atoms with Crippen molar-refractivity contribution in [2.24, 2.45) is 0 Å². The van der Waals surface area contributed by atoms with Gasteiger partial charge in [-0.3, -0.25) is 15.1 Å². The molecule has 0 spiro atoms. The molecule has 31 heavy (non-hydrogen) atoms. The molecule has 0 aliphatic rings. The average molecular weight is 405 g/mol. The van der Waals surface area contributed by atoms with Crippen molar-refractivity contribution in [1.82, 2.24) is 25.1 Å². The highest BCUT2D eigenvalue weighted by Crippen LogP contribution is 2.34. The zero-order valence-corrected chi connectivity index (χ0v) is 16.3.